The van der Waals surface area contributed by atoms with Gasteiger partial charge in [0.2, 0.25) is 0 Å². The number of nitrogens with zero attached hydrogens (tertiary/aromatic N) is 1. The molecule has 1 atom stereocenters. The highest BCUT2D eigenvalue weighted by atomic mass is 16.5. The Morgan fingerprint density at radius 1 is 1.06 bits per heavy atom. The Hall–Kier alpha value is -3.11. The van der Waals surface area contributed by atoms with Gasteiger partial charge in [0.1, 0.15) is 12.4 Å². The number of hydrogen-bond acceptors (Lipinski definition) is 3. The van der Waals surface area contributed by atoms with Crippen molar-refractivity contribution in [2.75, 3.05) is 13.2 Å². The van der Waals surface area contributed by atoms with E-state index in [1.165, 1.54) is 5.56 Å². The van der Waals surface area contributed by atoms with Gasteiger partial charge in [0.25, 0.3) is 5.91 Å². The molecule has 3 aromatic rings. The summed E-state index contributed by atoms with van der Waals surface area (Å²) in [4.78, 5) is 15.1. The Balaban J connectivity index is 1.51. The van der Waals surface area contributed by atoms with Crippen LogP contribution < -0.4 is 4.74 Å². The SMILES string of the molecule is Cc1cccc(C(=O)N2CCOc3ccc([C@@H](O)CCc4ccccc4)cc3C2)c1C. The Bertz CT molecular complexity index is 1060. The van der Waals surface area contributed by atoms with E-state index in [2.05, 4.69) is 12.1 Å². The van der Waals surface area contributed by atoms with Crippen molar-refractivity contribution in [2.24, 2.45) is 0 Å². The molecule has 0 bridgehead atoms. The number of carbonyl (C=O) groups excluding carboxylic acids is 1. The van der Waals surface area contributed by atoms with Gasteiger partial charge in [0.15, 0.2) is 0 Å². The van der Waals surface area contributed by atoms with E-state index in [9.17, 15) is 9.90 Å². The van der Waals surface area contributed by atoms with Gasteiger partial charge in [-0.15, -0.1) is 0 Å². The maximum absolute atomic E-state index is 13.2. The van der Waals surface area contributed by atoms with Gasteiger partial charge in [0, 0.05) is 17.7 Å². The van der Waals surface area contributed by atoms with E-state index in [4.69, 9.17) is 4.74 Å². The van der Waals surface area contributed by atoms with Gasteiger partial charge in [-0.1, -0.05) is 48.5 Å². The van der Waals surface area contributed by atoms with Crippen molar-refractivity contribution >= 4 is 5.91 Å². The molecule has 3 aromatic carbocycles. The van der Waals surface area contributed by atoms with Crippen molar-refractivity contribution in [2.45, 2.75) is 39.3 Å². The molecule has 4 heteroatoms. The molecule has 0 radical (unpaired) electrons. The number of carbonyl (C=O) groups is 1. The van der Waals surface area contributed by atoms with Crippen molar-refractivity contribution in [1.29, 1.82) is 0 Å². The fourth-order valence-electron chi connectivity index (χ4n) is 4.06. The number of fused-ring (bicyclic) bond motifs is 1. The number of aliphatic hydroxyl groups is 1. The van der Waals surface area contributed by atoms with E-state index >= 15 is 0 Å². The van der Waals surface area contributed by atoms with Crippen molar-refractivity contribution in [3.05, 3.63) is 100 Å². The predicted octanol–water partition coefficient (Wildman–Crippen LogP) is 5.00. The minimum Gasteiger partial charge on any atom is -0.491 e. The maximum atomic E-state index is 13.2. The third kappa shape index (κ3) is 4.80. The molecule has 0 aromatic heterocycles. The average molecular weight is 416 g/mol. The van der Waals surface area contributed by atoms with Crippen molar-refractivity contribution < 1.29 is 14.6 Å². The van der Waals surface area contributed by atoms with Crippen LogP contribution in [0.1, 0.15) is 50.7 Å². The molecule has 1 aliphatic rings. The number of rotatable bonds is 5. The molecule has 31 heavy (non-hydrogen) atoms. The lowest BCUT2D eigenvalue weighted by atomic mass is 9.99. The van der Waals surface area contributed by atoms with Crippen LogP contribution in [0.2, 0.25) is 0 Å². The van der Waals surface area contributed by atoms with Crippen LogP contribution in [-0.4, -0.2) is 29.1 Å². The Morgan fingerprint density at radius 3 is 2.68 bits per heavy atom. The zero-order valence-electron chi connectivity index (χ0n) is 18.2. The molecule has 0 unspecified atom stereocenters. The molecule has 1 amide bonds. The average Bonchev–Trinajstić information content (AvgIpc) is 3.01. The lowest BCUT2D eigenvalue weighted by Crippen LogP contribution is -2.33. The van der Waals surface area contributed by atoms with Crippen molar-refractivity contribution in [1.82, 2.24) is 4.90 Å². The van der Waals surface area contributed by atoms with Gasteiger partial charge >= 0.3 is 0 Å². The summed E-state index contributed by atoms with van der Waals surface area (Å²) in [7, 11) is 0. The molecule has 4 nitrogen and oxygen atoms in total. The van der Waals surface area contributed by atoms with E-state index in [-0.39, 0.29) is 5.91 Å². The molecular weight excluding hydrogens is 386 g/mol. The summed E-state index contributed by atoms with van der Waals surface area (Å²) in [5.74, 6) is 0.808. The molecule has 1 aliphatic heterocycles. The Labute approximate surface area is 184 Å². The van der Waals surface area contributed by atoms with Gasteiger partial charge in [-0.3, -0.25) is 4.79 Å². The summed E-state index contributed by atoms with van der Waals surface area (Å²) in [5, 5.41) is 10.8. The highest BCUT2D eigenvalue weighted by Gasteiger charge is 2.23. The zero-order chi connectivity index (χ0) is 21.8. The molecule has 160 valence electrons. The fourth-order valence-corrected chi connectivity index (χ4v) is 4.06. The van der Waals surface area contributed by atoms with Crippen LogP contribution in [0.4, 0.5) is 0 Å². The highest BCUT2D eigenvalue weighted by Crippen LogP contribution is 2.29. The second-order valence-electron chi connectivity index (χ2n) is 8.23. The summed E-state index contributed by atoms with van der Waals surface area (Å²) < 4.78 is 5.91. The largest absolute Gasteiger partial charge is 0.491 e. The van der Waals surface area contributed by atoms with Crippen molar-refractivity contribution in [3.8, 4) is 5.75 Å². The zero-order valence-corrected chi connectivity index (χ0v) is 18.2. The number of ether oxygens (including phenoxy) is 1. The normalized spacial score (nSPS) is 14.4. The summed E-state index contributed by atoms with van der Waals surface area (Å²) in [6.07, 6.45) is 0.902. The van der Waals surface area contributed by atoms with E-state index in [1.54, 1.807) is 0 Å². The third-order valence-electron chi connectivity index (χ3n) is 6.12. The van der Waals surface area contributed by atoms with Gasteiger partial charge in [0.05, 0.1) is 12.6 Å². The summed E-state index contributed by atoms with van der Waals surface area (Å²) in [6.45, 7) is 5.48. The van der Waals surface area contributed by atoms with Gasteiger partial charge in [-0.25, -0.2) is 0 Å². The molecular formula is C27H29NO3. The second-order valence-corrected chi connectivity index (χ2v) is 8.23. The summed E-state index contributed by atoms with van der Waals surface area (Å²) >= 11 is 0. The number of amides is 1. The van der Waals surface area contributed by atoms with E-state index in [0.717, 1.165) is 40.0 Å². The lowest BCUT2D eigenvalue weighted by Gasteiger charge is -2.22. The standard InChI is InChI=1S/C27H29NO3/c1-19-7-6-10-24(20(19)2)27(30)28-15-16-31-26-14-12-22(17-23(26)18-28)25(29)13-11-21-8-4-3-5-9-21/h3-10,12,14,17,25,29H,11,13,15-16,18H2,1-2H3/t25-/m0/s1. The molecule has 0 aliphatic carbocycles. The number of hydrogen-bond donors (Lipinski definition) is 1. The van der Waals surface area contributed by atoms with Gasteiger partial charge < -0.3 is 14.7 Å². The quantitative estimate of drug-likeness (QED) is 0.638. The van der Waals surface area contributed by atoms with E-state index in [1.807, 2.05) is 73.3 Å². The van der Waals surface area contributed by atoms with Crippen LogP contribution in [0.25, 0.3) is 0 Å². The molecule has 0 fully saturated rings. The van der Waals surface area contributed by atoms with Crippen LogP contribution in [0.5, 0.6) is 5.75 Å². The Kier molecular flexibility index (Phi) is 6.38. The van der Waals surface area contributed by atoms with Crippen LogP contribution in [0.3, 0.4) is 0 Å². The predicted molar refractivity (Wildman–Crippen MR) is 122 cm³/mol. The minimum absolute atomic E-state index is 0.0210. The lowest BCUT2D eigenvalue weighted by molar-refractivity contribution is 0.0732. The molecule has 0 saturated carbocycles. The van der Waals surface area contributed by atoms with Gasteiger partial charge in [-0.2, -0.15) is 0 Å². The van der Waals surface area contributed by atoms with Crippen LogP contribution >= 0.6 is 0 Å². The van der Waals surface area contributed by atoms with E-state index in [0.29, 0.717) is 26.1 Å². The highest BCUT2D eigenvalue weighted by molar-refractivity contribution is 5.96. The second kappa shape index (κ2) is 9.36. The van der Waals surface area contributed by atoms with Crippen LogP contribution in [-0.2, 0) is 13.0 Å². The number of benzene rings is 3. The first-order valence-corrected chi connectivity index (χ1v) is 10.9. The molecule has 1 heterocycles. The number of aliphatic hydroxyl groups excluding tert-OH is 1. The van der Waals surface area contributed by atoms with Crippen molar-refractivity contribution in [3.63, 3.8) is 0 Å². The molecule has 0 saturated heterocycles. The first-order valence-electron chi connectivity index (χ1n) is 10.9. The van der Waals surface area contributed by atoms with E-state index < -0.39 is 6.10 Å². The molecule has 0 spiro atoms. The number of aryl methyl sites for hydroxylation is 2. The topological polar surface area (TPSA) is 49.8 Å². The monoisotopic (exact) mass is 415 g/mol. The molecule has 4 rings (SSSR count). The summed E-state index contributed by atoms with van der Waals surface area (Å²) in [5.41, 5.74) is 5.88. The maximum Gasteiger partial charge on any atom is 0.254 e. The first-order chi connectivity index (χ1) is 15.0. The van der Waals surface area contributed by atoms with Crippen LogP contribution in [0.15, 0.2) is 66.7 Å². The fraction of sp³-hybridized carbons (Fsp3) is 0.296. The third-order valence-corrected chi connectivity index (χ3v) is 6.12. The van der Waals surface area contributed by atoms with Gasteiger partial charge in [-0.05, 0) is 67.1 Å². The minimum atomic E-state index is -0.558. The smallest absolute Gasteiger partial charge is 0.254 e. The summed E-state index contributed by atoms with van der Waals surface area (Å²) in [6, 6.07) is 21.9. The Morgan fingerprint density at radius 2 is 1.87 bits per heavy atom. The molecule has 1 N–H and O–H groups in total. The first kappa shape index (κ1) is 21.1. The van der Waals surface area contributed by atoms with Crippen LogP contribution in [0, 0.1) is 13.8 Å².